The average Bonchev–Trinajstić information content (AvgIpc) is 2.96. The molecule has 0 radical (unpaired) electrons. The zero-order valence-corrected chi connectivity index (χ0v) is 17.0. The normalized spacial score (nSPS) is 50.5. The van der Waals surface area contributed by atoms with Gasteiger partial charge in [0.05, 0.1) is 13.2 Å². The summed E-state index contributed by atoms with van der Waals surface area (Å²) in [7, 11) is 1.51. The summed E-state index contributed by atoms with van der Waals surface area (Å²) in [4.78, 5) is 11.6. The molecule has 8 atom stereocenters. The molecule has 5 unspecified atom stereocenters. The number of carbonyl (C=O) groups excluding carboxylic acids is 1. The molecule has 0 amide bonds. The number of aliphatic hydroxyl groups is 1. The Labute approximate surface area is 159 Å². The molecule has 4 rings (SSSR count). The van der Waals surface area contributed by atoms with Gasteiger partial charge in [0, 0.05) is 6.42 Å². The van der Waals surface area contributed by atoms with E-state index in [1.807, 2.05) is 0 Å². The van der Waals surface area contributed by atoms with Crippen LogP contribution in [-0.2, 0) is 9.53 Å². The number of aliphatic hydroxyl groups excluding tert-OH is 1. The van der Waals surface area contributed by atoms with Crippen molar-refractivity contribution in [3.8, 4) is 0 Å². The first kappa shape index (κ1) is 18.8. The molecule has 0 aromatic carbocycles. The van der Waals surface area contributed by atoms with Gasteiger partial charge in [0.2, 0.25) is 0 Å². The van der Waals surface area contributed by atoms with Crippen molar-refractivity contribution in [2.24, 2.45) is 40.4 Å². The van der Waals surface area contributed by atoms with Crippen LogP contribution in [0.4, 0.5) is 0 Å². The molecule has 4 fully saturated rings. The van der Waals surface area contributed by atoms with Crippen molar-refractivity contribution in [2.75, 3.05) is 7.11 Å². The number of carbonyl (C=O) groups is 1. The summed E-state index contributed by atoms with van der Waals surface area (Å²) in [6, 6.07) is 0. The highest BCUT2D eigenvalue weighted by molar-refractivity contribution is 5.69. The van der Waals surface area contributed by atoms with Gasteiger partial charge in [0.1, 0.15) is 0 Å². The molecule has 0 saturated heterocycles. The fourth-order valence-corrected chi connectivity index (χ4v) is 8.21. The topological polar surface area (TPSA) is 46.5 Å². The number of methoxy groups -OCH3 is 1. The second-order valence-corrected chi connectivity index (χ2v) is 10.5. The van der Waals surface area contributed by atoms with Gasteiger partial charge in [-0.1, -0.05) is 13.8 Å². The summed E-state index contributed by atoms with van der Waals surface area (Å²) in [5.41, 5.74) is 0.903. The van der Waals surface area contributed by atoms with E-state index in [4.69, 9.17) is 4.74 Å². The van der Waals surface area contributed by atoms with Gasteiger partial charge in [-0.05, 0) is 105 Å². The first-order chi connectivity index (χ1) is 12.4. The third kappa shape index (κ3) is 2.84. The number of fused-ring (bicyclic) bond motifs is 5. The van der Waals surface area contributed by atoms with Crippen LogP contribution in [0.5, 0.6) is 0 Å². The Morgan fingerprint density at radius 3 is 2.50 bits per heavy atom. The lowest BCUT2D eigenvalue weighted by atomic mass is 9.44. The molecular formula is C23H38O3. The highest BCUT2D eigenvalue weighted by Crippen LogP contribution is 2.67. The molecule has 0 aliphatic heterocycles. The van der Waals surface area contributed by atoms with Gasteiger partial charge in [-0.15, -0.1) is 0 Å². The lowest BCUT2D eigenvalue weighted by Gasteiger charge is -2.61. The minimum absolute atomic E-state index is 0.0421. The summed E-state index contributed by atoms with van der Waals surface area (Å²) >= 11 is 0. The monoisotopic (exact) mass is 362 g/mol. The van der Waals surface area contributed by atoms with E-state index in [9.17, 15) is 9.90 Å². The van der Waals surface area contributed by atoms with E-state index >= 15 is 0 Å². The standard InChI is InChI=1S/C23H38O3/c1-22-13-11-20-18(7-4-16-14-17(24)10-12-23(16,20)2)19(22)8-5-15(22)6-9-21(25)26-3/h15-20,24H,4-14H2,1-3H3/t15?,16?,17-,18?,19?,20?,22-,23+/m1/s1. The Morgan fingerprint density at radius 1 is 1.00 bits per heavy atom. The van der Waals surface area contributed by atoms with E-state index in [0.717, 1.165) is 42.9 Å². The van der Waals surface area contributed by atoms with Gasteiger partial charge in [-0.3, -0.25) is 4.79 Å². The Bertz CT molecular complexity index is 546. The van der Waals surface area contributed by atoms with Crippen LogP contribution in [-0.4, -0.2) is 24.3 Å². The smallest absolute Gasteiger partial charge is 0.305 e. The molecule has 1 N–H and O–H groups in total. The fraction of sp³-hybridized carbons (Fsp3) is 0.957. The summed E-state index contributed by atoms with van der Waals surface area (Å²) in [6.45, 7) is 5.11. The van der Waals surface area contributed by atoms with Gasteiger partial charge in [0.25, 0.3) is 0 Å². The van der Waals surface area contributed by atoms with Crippen molar-refractivity contribution < 1.29 is 14.6 Å². The molecule has 0 heterocycles. The third-order valence-corrected chi connectivity index (χ3v) is 9.76. The largest absolute Gasteiger partial charge is 0.469 e. The number of rotatable bonds is 3. The minimum Gasteiger partial charge on any atom is -0.469 e. The van der Waals surface area contributed by atoms with Crippen LogP contribution >= 0.6 is 0 Å². The van der Waals surface area contributed by atoms with Gasteiger partial charge in [-0.25, -0.2) is 0 Å². The molecule has 148 valence electrons. The fourth-order valence-electron chi connectivity index (χ4n) is 8.21. The predicted octanol–water partition coefficient (Wildman–Crippen LogP) is 4.96. The number of esters is 1. The maximum atomic E-state index is 11.6. The zero-order chi connectivity index (χ0) is 18.5. The molecule has 3 nitrogen and oxygen atoms in total. The van der Waals surface area contributed by atoms with Crippen LogP contribution in [0, 0.1) is 40.4 Å². The molecule has 4 aliphatic carbocycles. The molecule has 0 bridgehead atoms. The van der Waals surface area contributed by atoms with E-state index in [2.05, 4.69) is 13.8 Å². The van der Waals surface area contributed by atoms with E-state index in [-0.39, 0.29) is 12.1 Å². The van der Waals surface area contributed by atoms with Crippen molar-refractivity contribution in [3.05, 3.63) is 0 Å². The van der Waals surface area contributed by atoms with Crippen molar-refractivity contribution in [1.82, 2.24) is 0 Å². The molecule has 4 saturated carbocycles. The average molecular weight is 363 g/mol. The second-order valence-electron chi connectivity index (χ2n) is 10.5. The SMILES string of the molecule is COC(=O)CCC1CCC2C3CCC4C[C@H](O)CC[C@]4(C)C3CC[C@]12C. The van der Waals surface area contributed by atoms with Crippen molar-refractivity contribution >= 4 is 5.97 Å². The van der Waals surface area contributed by atoms with E-state index in [1.54, 1.807) is 0 Å². The van der Waals surface area contributed by atoms with E-state index < -0.39 is 0 Å². The molecule has 3 heteroatoms. The number of hydrogen-bond donors (Lipinski definition) is 1. The third-order valence-electron chi connectivity index (χ3n) is 9.76. The Morgan fingerprint density at radius 2 is 1.73 bits per heavy atom. The highest BCUT2D eigenvalue weighted by atomic mass is 16.5. The summed E-state index contributed by atoms with van der Waals surface area (Å²) in [6.07, 6.45) is 12.9. The first-order valence-electron chi connectivity index (χ1n) is 11.1. The second kappa shape index (κ2) is 6.79. The van der Waals surface area contributed by atoms with E-state index in [1.165, 1.54) is 52.1 Å². The lowest BCUT2D eigenvalue weighted by Crippen LogP contribution is -2.53. The van der Waals surface area contributed by atoms with Crippen molar-refractivity contribution in [3.63, 3.8) is 0 Å². The number of hydrogen-bond acceptors (Lipinski definition) is 3. The summed E-state index contributed by atoms with van der Waals surface area (Å²) < 4.78 is 4.89. The van der Waals surface area contributed by atoms with Crippen LogP contribution < -0.4 is 0 Å². The highest BCUT2D eigenvalue weighted by Gasteiger charge is 2.59. The summed E-state index contributed by atoms with van der Waals surface area (Å²) in [5, 5.41) is 10.2. The molecule has 4 aliphatic rings. The van der Waals surface area contributed by atoms with Gasteiger partial charge >= 0.3 is 5.97 Å². The first-order valence-corrected chi connectivity index (χ1v) is 11.1. The van der Waals surface area contributed by atoms with Crippen LogP contribution in [0.1, 0.15) is 84.5 Å². The minimum atomic E-state index is -0.0485. The van der Waals surface area contributed by atoms with Gasteiger partial charge in [0.15, 0.2) is 0 Å². The predicted molar refractivity (Wildman–Crippen MR) is 102 cm³/mol. The van der Waals surface area contributed by atoms with Gasteiger partial charge in [-0.2, -0.15) is 0 Å². The molecule has 0 aromatic rings. The van der Waals surface area contributed by atoms with Crippen molar-refractivity contribution in [1.29, 1.82) is 0 Å². The van der Waals surface area contributed by atoms with Crippen LogP contribution in [0.25, 0.3) is 0 Å². The Kier molecular flexibility index (Phi) is 4.91. The van der Waals surface area contributed by atoms with Crippen LogP contribution in [0.15, 0.2) is 0 Å². The Hall–Kier alpha value is -0.570. The maximum absolute atomic E-state index is 11.6. The van der Waals surface area contributed by atoms with Gasteiger partial charge < -0.3 is 9.84 Å². The molecule has 26 heavy (non-hydrogen) atoms. The van der Waals surface area contributed by atoms with Crippen molar-refractivity contribution in [2.45, 2.75) is 90.6 Å². The quantitative estimate of drug-likeness (QED) is 0.722. The number of ether oxygens (including phenoxy) is 1. The molecule has 0 spiro atoms. The Balaban J connectivity index is 1.50. The van der Waals surface area contributed by atoms with Crippen LogP contribution in [0.2, 0.25) is 0 Å². The molecule has 0 aromatic heterocycles. The molecular weight excluding hydrogens is 324 g/mol. The maximum Gasteiger partial charge on any atom is 0.305 e. The van der Waals surface area contributed by atoms with E-state index in [0.29, 0.717) is 23.2 Å². The summed E-state index contributed by atoms with van der Waals surface area (Å²) in [5.74, 6) is 4.01. The zero-order valence-electron chi connectivity index (χ0n) is 17.0. The van der Waals surface area contributed by atoms with Crippen LogP contribution in [0.3, 0.4) is 0 Å². The lowest BCUT2D eigenvalue weighted by molar-refractivity contribution is -0.142.